The molecule has 1 aliphatic heterocycles. The number of amides is 3. The average molecular weight is 369 g/mol. The largest absolute Gasteiger partial charge is 0.497 e. The predicted octanol–water partition coefficient (Wildman–Crippen LogP) is 1.03. The van der Waals surface area contributed by atoms with E-state index >= 15 is 0 Å². The molecule has 8 nitrogen and oxygen atoms in total. The number of hydrazine groups is 1. The van der Waals surface area contributed by atoms with E-state index in [1.54, 1.807) is 54.6 Å². The number of benzene rings is 2. The molecule has 3 amide bonds. The maximum absolute atomic E-state index is 12.4. The first kappa shape index (κ1) is 18.4. The summed E-state index contributed by atoms with van der Waals surface area (Å²) >= 11 is 0. The number of ether oxygens (including phenoxy) is 2. The Kier molecular flexibility index (Phi) is 5.68. The lowest BCUT2D eigenvalue weighted by Gasteiger charge is -2.16. The van der Waals surface area contributed by atoms with E-state index in [1.807, 2.05) is 0 Å². The topological polar surface area (TPSA) is 97.0 Å². The summed E-state index contributed by atoms with van der Waals surface area (Å²) in [6, 6.07) is 14.7. The number of hydrogen-bond acceptors (Lipinski definition) is 6. The molecule has 0 aliphatic carbocycles. The fourth-order valence-electron chi connectivity index (χ4n) is 2.64. The molecule has 0 radical (unpaired) electrons. The molecule has 1 saturated heterocycles. The Labute approximate surface area is 156 Å². The van der Waals surface area contributed by atoms with Crippen molar-refractivity contribution in [1.29, 1.82) is 0 Å². The number of methoxy groups -OCH3 is 1. The first-order chi connectivity index (χ1) is 13.1. The fourth-order valence-corrected chi connectivity index (χ4v) is 2.64. The Morgan fingerprint density at radius 2 is 1.85 bits per heavy atom. The quantitative estimate of drug-likeness (QED) is 0.559. The Morgan fingerprint density at radius 3 is 2.59 bits per heavy atom. The zero-order chi connectivity index (χ0) is 19.2. The molecule has 0 spiro atoms. The lowest BCUT2D eigenvalue weighted by molar-refractivity contribution is -0.125. The average Bonchev–Trinajstić information content (AvgIpc) is 2.98. The molecule has 2 aromatic carbocycles. The van der Waals surface area contributed by atoms with Gasteiger partial charge in [-0.15, -0.1) is 0 Å². The lowest BCUT2D eigenvalue weighted by Crippen LogP contribution is -2.49. The van der Waals surface area contributed by atoms with Gasteiger partial charge in [0.1, 0.15) is 17.5 Å². The first-order valence-corrected chi connectivity index (χ1v) is 8.31. The lowest BCUT2D eigenvalue weighted by atomic mass is 10.2. The van der Waals surface area contributed by atoms with Crippen molar-refractivity contribution in [2.75, 3.05) is 18.6 Å². The molecule has 1 heterocycles. The van der Waals surface area contributed by atoms with Crippen LogP contribution < -0.4 is 25.2 Å². The summed E-state index contributed by atoms with van der Waals surface area (Å²) in [6.45, 7) is -0.253. The van der Waals surface area contributed by atoms with E-state index in [0.29, 0.717) is 17.2 Å². The molecule has 0 bridgehead atoms. The van der Waals surface area contributed by atoms with Crippen LogP contribution in [0.3, 0.4) is 0 Å². The smallest absolute Gasteiger partial charge is 0.272 e. The monoisotopic (exact) mass is 369 g/mol. The van der Waals surface area contributed by atoms with Gasteiger partial charge in [-0.1, -0.05) is 24.3 Å². The number of nitrogens with one attached hydrogen (secondary N) is 2. The van der Waals surface area contributed by atoms with Crippen LogP contribution >= 0.6 is 0 Å². The third kappa shape index (κ3) is 4.42. The molecule has 1 aliphatic rings. The van der Waals surface area contributed by atoms with Crippen LogP contribution in [0.4, 0.5) is 5.69 Å². The minimum absolute atomic E-state index is 0.0370. The van der Waals surface area contributed by atoms with Crippen LogP contribution in [0.1, 0.15) is 6.42 Å². The molecule has 140 valence electrons. The summed E-state index contributed by atoms with van der Waals surface area (Å²) in [7, 11) is 1.54. The molecule has 2 aromatic rings. The van der Waals surface area contributed by atoms with E-state index in [2.05, 4.69) is 10.9 Å². The summed E-state index contributed by atoms with van der Waals surface area (Å²) < 4.78 is 10.4. The highest BCUT2D eigenvalue weighted by atomic mass is 16.5. The SMILES string of the molecule is COc1cccc(OCC(=O)NN[C@@H]2CC(=O)N(c3ccccc3)C2=O)c1. The van der Waals surface area contributed by atoms with Gasteiger partial charge in [-0.05, 0) is 24.3 Å². The van der Waals surface area contributed by atoms with Crippen LogP contribution in [-0.2, 0) is 14.4 Å². The number of carbonyl (C=O) groups excluding carboxylic acids is 3. The highest BCUT2D eigenvalue weighted by Crippen LogP contribution is 2.22. The molecule has 1 fully saturated rings. The second kappa shape index (κ2) is 8.33. The van der Waals surface area contributed by atoms with Crippen molar-refractivity contribution < 1.29 is 23.9 Å². The van der Waals surface area contributed by atoms with Crippen LogP contribution in [0.25, 0.3) is 0 Å². The number of hydrogen-bond donors (Lipinski definition) is 2. The Balaban J connectivity index is 1.50. The molecule has 3 rings (SSSR count). The van der Waals surface area contributed by atoms with E-state index in [-0.39, 0.29) is 18.9 Å². The predicted molar refractivity (Wildman–Crippen MR) is 97.1 cm³/mol. The van der Waals surface area contributed by atoms with Crippen LogP contribution in [0, 0.1) is 0 Å². The maximum Gasteiger partial charge on any atom is 0.272 e. The number of nitrogens with zero attached hydrogens (tertiary/aromatic N) is 1. The highest BCUT2D eigenvalue weighted by Gasteiger charge is 2.39. The zero-order valence-corrected chi connectivity index (χ0v) is 14.7. The Bertz CT molecular complexity index is 840. The first-order valence-electron chi connectivity index (χ1n) is 8.31. The minimum Gasteiger partial charge on any atom is -0.497 e. The maximum atomic E-state index is 12.4. The van der Waals surface area contributed by atoms with Gasteiger partial charge < -0.3 is 9.47 Å². The van der Waals surface area contributed by atoms with Gasteiger partial charge in [-0.2, -0.15) is 0 Å². The summed E-state index contributed by atoms with van der Waals surface area (Å²) in [4.78, 5) is 37.6. The van der Waals surface area contributed by atoms with Gasteiger partial charge in [-0.3, -0.25) is 19.8 Å². The van der Waals surface area contributed by atoms with Crippen molar-refractivity contribution in [2.24, 2.45) is 0 Å². The van der Waals surface area contributed by atoms with Gasteiger partial charge >= 0.3 is 0 Å². The third-order valence-electron chi connectivity index (χ3n) is 3.96. The van der Waals surface area contributed by atoms with Crippen molar-refractivity contribution in [2.45, 2.75) is 12.5 Å². The second-order valence-corrected chi connectivity index (χ2v) is 5.82. The van der Waals surface area contributed by atoms with Gasteiger partial charge in [0, 0.05) is 6.07 Å². The van der Waals surface area contributed by atoms with E-state index in [0.717, 1.165) is 4.90 Å². The molecular weight excluding hydrogens is 350 g/mol. The molecule has 8 heteroatoms. The number of imide groups is 1. The number of carbonyl (C=O) groups is 3. The summed E-state index contributed by atoms with van der Waals surface area (Å²) in [6.07, 6.45) is -0.0370. The van der Waals surface area contributed by atoms with E-state index in [4.69, 9.17) is 9.47 Å². The second-order valence-electron chi connectivity index (χ2n) is 5.82. The van der Waals surface area contributed by atoms with Crippen molar-refractivity contribution in [3.05, 3.63) is 54.6 Å². The van der Waals surface area contributed by atoms with E-state index < -0.39 is 17.9 Å². The standard InChI is InChI=1S/C19H19N3O5/c1-26-14-8-5-9-15(10-14)27-12-17(23)21-20-16-11-18(24)22(19(16)25)13-6-3-2-4-7-13/h2-10,16,20H,11-12H2,1H3,(H,21,23)/t16-/m1/s1. The van der Waals surface area contributed by atoms with Gasteiger partial charge in [0.25, 0.3) is 11.8 Å². The summed E-state index contributed by atoms with van der Waals surface area (Å²) in [5.41, 5.74) is 5.51. The van der Waals surface area contributed by atoms with E-state index in [9.17, 15) is 14.4 Å². The molecule has 1 atom stereocenters. The van der Waals surface area contributed by atoms with Gasteiger partial charge in [0.15, 0.2) is 6.61 Å². The highest BCUT2D eigenvalue weighted by molar-refractivity contribution is 6.22. The van der Waals surface area contributed by atoms with Gasteiger partial charge in [0.05, 0.1) is 19.2 Å². The molecule has 27 heavy (non-hydrogen) atoms. The minimum atomic E-state index is -0.821. The molecular formula is C19H19N3O5. The van der Waals surface area contributed by atoms with Crippen molar-refractivity contribution in [3.8, 4) is 11.5 Å². The van der Waals surface area contributed by atoms with Crippen molar-refractivity contribution in [1.82, 2.24) is 10.9 Å². The van der Waals surface area contributed by atoms with Crippen molar-refractivity contribution >= 4 is 23.4 Å². The zero-order valence-electron chi connectivity index (χ0n) is 14.7. The molecule has 2 N–H and O–H groups in total. The summed E-state index contributed by atoms with van der Waals surface area (Å²) in [5, 5.41) is 0. The fraction of sp³-hybridized carbons (Fsp3) is 0.211. The number of rotatable bonds is 7. The summed E-state index contributed by atoms with van der Waals surface area (Å²) in [5.74, 6) is -0.129. The normalized spacial score (nSPS) is 16.3. The van der Waals surface area contributed by atoms with Crippen LogP contribution in [0.15, 0.2) is 54.6 Å². The van der Waals surface area contributed by atoms with Gasteiger partial charge in [-0.25, -0.2) is 10.3 Å². The van der Waals surface area contributed by atoms with Gasteiger partial charge in [0.2, 0.25) is 5.91 Å². The Hall–Kier alpha value is -3.39. The molecule has 0 saturated carbocycles. The van der Waals surface area contributed by atoms with E-state index in [1.165, 1.54) is 7.11 Å². The Morgan fingerprint density at radius 1 is 1.11 bits per heavy atom. The number of para-hydroxylation sites is 1. The number of anilines is 1. The third-order valence-corrected chi connectivity index (χ3v) is 3.96. The molecule has 0 aromatic heterocycles. The van der Waals surface area contributed by atoms with Crippen LogP contribution in [-0.4, -0.2) is 37.5 Å². The van der Waals surface area contributed by atoms with Crippen LogP contribution in [0.2, 0.25) is 0 Å². The van der Waals surface area contributed by atoms with Crippen molar-refractivity contribution in [3.63, 3.8) is 0 Å². The van der Waals surface area contributed by atoms with Crippen LogP contribution in [0.5, 0.6) is 11.5 Å². The molecule has 0 unspecified atom stereocenters.